The maximum Gasteiger partial charge on any atom is 0.337 e. The number of aromatic nitrogens is 4. The van der Waals surface area contributed by atoms with Crippen molar-refractivity contribution in [2.75, 3.05) is 33.3 Å². The Labute approximate surface area is 394 Å². The number of carbonyl (C=O) groups is 1. The minimum Gasteiger partial charge on any atom is -0.487 e. The van der Waals surface area contributed by atoms with Crippen LogP contribution in [-0.4, -0.2) is 63.3 Å². The highest BCUT2D eigenvalue weighted by Crippen LogP contribution is 2.31. The van der Waals surface area contributed by atoms with Gasteiger partial charge >= 0.3 is 5.97 Å². The molecule has 7 aromatic rings. The van der Waals surface area contributed by atoms with E-state index in [0.717, 1.165) is 91.7 Å². The number of carbonyl (C=O) groups excluding carboxylic acids is 1. The number of nitrogens with zero attached hydrogens (tertiary/aromatic N) is 5. The number of imidazole rings is 2. The van der Waals surface area contributed by atoms with Crippen LogP contribution in [0.15, 0.2) is 116 Å². The number of aryl methyl sites for hydroxylation is 1. The van der Waals surface area contributed by atoms with Crippen LogP contribution in [0.5, 0.6) is 11.5 Å². The van der Waals surface area contributed by atoms with Gasteiger partial charge in [0.05, 0.1) is 58.9 Å². The third kappa shape index (κ3) is 11.6. The first-order valence-corrected chi connectivity index (χ1v) is 22.9. The summed E-state index contributed by atoms with van der Waals surface area (Å²) in [5.74, 6) is 3.23. The molecule has 332 valence electrons. The van der Waals surface area contributed by atoms with Gasteiger partial charge in [0.25, 0.3) is 0 Å². The molecule has 9 rings (SSSR count). The number of likely N-dealkylation sites (tertiary alicyclic amines) is 1. The third-order valence-corrected chi connectivity index (χ3v) is 12.6. The minimum atomic E-state index is -0.357. The molecule has 2 aromatic heterocycles. The zero-order valence-electron chi connectivity index (χ0n) is 35.8. The number of hydrogen-bond acceptors (Lipinski definition) is 8. The second kappa shape index (κ2) is 21.3. The Hall–Kier alpha value is -5.07. The molecular formula is C50H50Cl4N6O4. The van der Waals surface area contributed by atoms with E-state index in [1.807, 2.05) is 24.7 Å². The monoisotopic (exact) mass is 938 g/mol. The fraction of sp³-hybridized carbons (Fsp3) is 0.300. The van der Waals surface area contributed by atoms with Crippen molar-refractivity contribution in [3.63, 3.8) is 0 Å². The summed E-state index contributed by atoms with van der Waals surface area (Å²) in [7, 11) is 1.40. The quantitative estimate of drug-likeness (QED) is 0.0958. The number of nitrogens with one attached hydrogen (secondary N) is 1. The van der Waals surface area contributed by atoms with Crippen molar-refractivity contribution in [2.24, 2.45) is 11.8 Å². The normalized spacial score (nSPS) is 14.1. The number of fused-ring (bicyclic) bond motifs is 1. The number of hydrogen-bond donors (Lipinski definition) is 1. The number of rotatable bonds is 16. The lowest BCUT2D eigenvalue weighted by molar-refractivity contribution is 0.0601. The molecule has 2 fully saturated rings. The number of benzene rings is 5. The zero-order valence-corrected chi connectivity index (χ0v) is 38.8. The van der Waals surface area contributed by atoms with Gasteiger partial charge in [-0.3, -0.25) is 4.90 Å². The molecule has 0 spiro atoms. The highest BCUT2D eigenvalue weighted by Gasteiger charge is 2.29. The molecule has 5 aromatic carbocycles. The van der Waals surface area contributed by atoms with Crippen LogP contribution in [0.1, 0.15) is 51.1 Å². The summed E-state index contributed by atoms with van der Waals surface area (Å²) in [4.78, 5) is 24.0. The van der Waals surface area contributed by atoms with Crippen LogP contribution in [0.2, 0.25) is 20.1 Å². The molecule has 64 heavy (non-hydrogen) atoms. The fourth-order valence-corrected chi connectivity index (χ4v) is 9.06. The predicted octanol–water partition coefficient (Wildman–Crippen LogP) is 11.0. The Kier molecular flexibility index (Phi) is 15.1. The summed E-state index contributed by atoms with van der Waals surface area (Å²) >= 11 is 24.2. The fourth-order valence-electron chi connectivity index (χ4n) is 8.14. The van der Waals surface area contributed by atoms with Gasteiger partial charge in [-0.1, -0.05) is 94.9 Å². The van der Waals surface area contributed by atoms with Crippen molar-refractivity contribution in [2.45, 2.75) is 52.6 Å². The second-order valence-corrected chi connectivity index (χ2v) is 18.0. The molecule has 2 saturated heterocycles. The molecule has 14 heteroatoms. The van der Waals surface area contributed by atoms with E-state index in [-0.39, 0.29) is 5.97 Å². The van der Waals surface area contributed by atoms with E-state index in [1.54, 1.807) is 42.5 Å². The van der Waals surface area contributed by atoms with Gasteiger partial charge in [-0.2, -0.15) is 0 Å². The van der Waals surface area contributed by atoms with E-state index in [2.05, 4.69) is 79.8 Å². The molecule has 0 radical (unpaired) electrons. The van der Waals surface area contributed by atoms with Crippen LogP contribution in [0.3, 0.4) is 0 Å². The molecule has 0 saturated carbocycles. The van der Waals surface area contributed by atoms with E-state index in [0.29, 0.717) is 62.8 Å². The lowest BCUT2D eigenvalue weighted by atomic mass is 9.91. The first kappa shape index (κ1) is 45.5. The lowest BCUT2D eigenvalue weighted by Gasteiger charge is -2.39. The highest BCUT2D eigenvalue weighted by atomic mass is 35.5. The molecule has 0 atom stereocenters. The molecule has 1 N–H and O–H groups in total. The Morgan fingerprint density at radius 1 is 0.734 bits per heavy atom. The van der Waals surface area contributed by atoms with Gasteiger partial charge in [0.2, 0.25) is 0 Å². The second-order valence-electron chi connectivity index (χ2n) is 16.3. The van der Waals surface area contributed by atoms with E-state index in [9.17, 15) is 4.79 Å². The summed E-state index contributed by atoms with van der Waals surface area (Å²) < 4.78 is 21.0. The number of methoxy groups -OCH3 is 1. The Morgan fingerprint density at radius 2 is 1.34 bits per heavy atom. The van der Waals surface area contributed by atoms with Gasteiger partial charge in [0.1, 0.15) is 30.5 Å². The van der Waals surface area contributed by atoms with Gasteiger partial charge < -0.3 is 28.7 Å². The molecule has 10 nitrogen and oxygen atoms in total. The maximum absolute atomic E-state index is 12.3. The van der Waals surface area contributed by atoms with Crippen molar-refractivity contribution in [1.82, 2.24) is 29.3 Å². The molecule has 0 bridgehead atoms. The van der Waals surface area contributed by atoms with Crippen molar-refractivity contribution < 1.29 is 19.0 Å². The topological polar surface area (TPSA) is 95.7 Å². The molecule has 0 amide bonds. The smallest absolute Gasteiger partial charge is 0.337 e. The van der Waals surface area contributed by atoms with E-state index in [4.69, 9.17) is 65.6 Å². The number of ether oxygens (including phenoxy) is 3. The van der Waals surface area contributed by atoms with Crippen LogP contribution in [0, 0.1) is 11.8 Å². The average Bonchev–Trinajstić information content (AvgIpc) is 3.87. The molecule has 0 unspecified atom stereocenters. The summed E-state index contributed by atoms with van der Waals surface area (Å²) in [5, 5.41) is 5.55. The summed E-state index contributed by atoms with van der Waals surface area (Å²) in [6, 6.07) is 33.2. The van der Waals surface area contributed by atoms with Crippen molar-refractivity contribution in [3.8, 4) is 11.5 Å². The predicted molar refractivity (Wildman–Crippen MR) is 255 cm³/mol. The number of halogens is 4. The van der Waals surface area contributed by atoms with Crippen molar-refractivity contribution in [1.29, 1.82) is 0 Å². The Morgan fingerprint density at radius 3 is 1.91 bits per heavy atom. The van der Waals surface area contributed by atoms with Crippen LogP contribution in [0.25, 0.3) is 11.0 Å². The minimum absolute atomic E-state index is 0.357. The molecule has 2 aliphatic heterocycles. The van der Waals surface area contributed by atoms with Gasteiger partial charge in [0.15, 0.2) is 0 Å². The van der Waals surface area contributed by atoms with E-state index < -0.39 is 0 Å². The summed E-state index contributed by atoms with van der Waals surface area (Å²) in [6.07, 6.45) is 5.87. The van der Waals surface area contributed by atoms with Gasteiger partial charge in [-0.15, -0.1) is 0 Å². The SMILES string of the molecule is CCn1cncc1Cn1c(CN2CC(Cc3cccc(COc4ccc(Cl)cc4Cl)c3)C2)nc2ccc(C(=O)OC)cc21.Clc1ccc(OCc2cccc(CC3CNC3)c2)c(Cl)c1. The zero-order chi connectivity index (χ0) is 44.6. The largest absolute Gasteiger partial charge is 0.487 e. The highest BCUT2D eigenvalue weighted by molar-refractivity contribution is 6.36. The van der Waals surface area contributed by atoms with Crippen LogP contribution in [-0.2, 0) is 50.4 Å². The van der Waals surface area contributed by atoms with Crippen molar-refractivity contribution in [3.05, 3.63) is 175 Å². The molecular weight excluding hydrogens is 890 g/mol. The summed E-state index contributed by atoms with van der Waals surface area (Å²) in [6.45, 7) is 9.48. The number of esters is 1. The molecule has 2 aliphatic rings. The standard InChI is InChI=1S/C33H33Cl2N5O3.C17H17Cl2NO/c1-3-39-21-36-15-27(39)18-40-30-13-25(33(41)42-2)7-9-29(30)37-32(40)19-38-16-24(17-38)12-22-5-4-6-23(11-22)20-43-31-10-8-26(34)14-28(31)35;18-15-4-5-17(16(19)8-15)21-11-13-3-1-2-12(6-13)7-14-9-20-10-14/h4-11,13-15,21,24H,3,12,16-20H2,1-2H3;1-6,8,14,20H,7,9-11H2. The van der Waals surface area contributed by atoms with Gasteiger partial charge in [-0.05, 0) is 122 Å². The van der Waals surface area contributed by atoms with Gasteiger partial charge in [0, 0.05) is 35.9 Å². The first-order chi connectivity index (χ1) is 31.1. The first-order valence-electron chi connectivity index (χ1n) is 21.4. The lowest BCUT2D eigenvalue weighted by Crippen LogP contribution is -2.47. The third-order valence-electron chi connectivity index (χ3n) is 11.6. The van der Waals surface area contributed by atoms with E-state index >= 15 is 0 Å². The Bertz CT molecular complexity index is 2710. The maximum atomic E-state index is 12.3. The van der Waals surface area contributed by atoms with Crippen molar-refractivity contribution >= 4 is 63.4 Å². The average molecular weight is 941 g/mol. The molecule has 4 heterocycles. The van der Waals surface area contributed by atoms with E-state index in [1.165, 1.54) is 18.2 Å². The Balaban J connectivity index is 0.000000223. The van der Waals surface area contributed by atoms with Crippen LogP contribution >= 0.6 is 46.4 Å². The summed E-state index contributed by atoms with van der Waals surface area (Å²) in [5.41, 5.74) is 8.30. The van der Waals surface area contributed by atoms with Gasteiger partial charge in [-0.25, -0.2) is 14.8 Å². The molecule has 0 aliphatic carbocycles. The van der Waals surface area contributed by atoms with Crippen LogP contribution in [0.4, 0.5) is 0 Å². The van der Waals surface area contributed by atoms with Crippen LogP contribution < -0.4 is 14.8 Å².